The zero-order chi connectivity index (χ0) is 34.9. The highest BCUT2D eigenvalue weighted by Crippen LogP contribution is 2.39. The van der Waals surface area contributed by atoms with Crippen LogP contribution in [0.5, 0.6) is 0 Å². The second-order valence-corrected chi connectivity index (χ2v) is 13.7. The molecule has 0 atom stereocenters. The summed E-state index contributed by atoms with van der Waals surface area (Å²) in [7, 11) is 0. The summed E-state index contributed by atoms with van der Waals surface area (Å²) >= 11 is 0. The van der Waals surface area contributed by atoms with Gasteiger partial charge in [-0.05, 0) is 65.7 Å². The van der Waals surface area contributed by atoms with Crippen molar-refractivity contribution in [1.82, 2.24) is 18.5 Å². The van der Waals surface area contributed by atoms with Crippen molar-refractivity contribution in [3.05, 3.63) is 194 Å². The van der Waals surface area contributed by atoms with Crippen molar-refractivity contribution in [2.45, 2.75) is 0 Å². The van der Waals surface area contributed by atoms with Crippen LogP contribution in [-0.4, -0.2) is 18.5 Å². The Morgan fingerprint density at radius 2 is 0.774 bits per heavy atom. The number of nitrogens with zero attached hydrogens (tertiary/aromatic N) is 4. The summed E-state index contributed by atoms with van der Waals surface area (Å²) in [6.07, 6.45) is 2.26. The minimum atomic E-state index is 0.910. The van der Waals surface area contributed by atoms with Gasteiger partial charge < -0.3 is 9.13 Å². The predicted octanol–water partition coefficient (Wildman–Crippen LogP) is 12.5. The van der Waals surface area contributed by atoms with Crippen molar-refractivity contribution < 1.29 is 0 Å². The van der Waals surface area contributed by atoms with E-state index < -0.39 is 0 Å². The summed E-state index contributed by atoms with van der Waals surface area (Å²) in [5, 5.41) is 4.97. The normalized spacial score (nSPS) is 11.8. The van der Waals surface area contributed by atoms with E-state index in [0.29, 0.717) is 0 Å². The zero-order valence-corrected chi connectivity index (χ0v) is 28.8. The van der Waals surface area contributed by atoms with Crippen molar-refractivity contribution in [2.24, 2.45) is 0 Å². The van der Waals surface area contributed by atoms with E-state index in [0.717, 1.165) is 50.7 Å². The van der Waals surface area contributed by atoms with E-state index in [-0.39, 0.29) is 0 Å². The van der Waals surface area contributed by atoms with Crippen LogP contribution in [0, 0.1) is 0 Å². The smallest absolute Gasteiger partial charge is 0.137 e. The van der Waals surface area contributed by atoms with Gasteiger partial charge in [0.05, 0.1) is 33.5 Å². The third-order valence-electron chi connectivity index (χ3n) is 10.6. The number of hydrogen-bond acceptors (Lipinski definition) is 1. The van der Waals surface area contributed by atoms with Crippen LogP contribution in [0.15, 0.2) is 194 Å². The maximum absolute atomic E-state index is 5.20. The van der Waals surface area contributed by atoms with Gasteiger partial charge in [0.15, 0.2) is 0 Å². The average molecular weight is 677 g/mol. The van der Waals surface area contributed by atoms with E-state index in [1.807, 2.05) is 0 Å². The lowest BCUT2D eigenvalue weighted by Gasteiger charge is -2.16. The van der Waals surface area contributed by atoms with Crippen molar-refractivity contribution >= 4 is 49.3 Å². The molecule has 0 bridgehead atoms. The molecule has 11 aromatic rings. The van der Waals surface area contributed by atoms with Gasteiger partial charge in [-0.15, -0.1) is 0 Å². The standard InChI is InChI=1S/C49H32N4/c1-3-15-33(16-4-1)48-49(34-17-5-2-6-18-34)51-32-35(27-28-47(51)50-48)36-29-37(52-43-23-11-7-19-39(43)40-20-8-12-24-44(40)52)31-38(30-36)53-45-25-13-9-21-41(45)42-22-10-14-26-46(42)53/h1-32H. The molecule has 4 heteroatoms. The fourth-order valence-corrected chi connectivity index (χ4v) is 8.31. The number of fused-ring (bicyclic) bond motifs is 7. The van der Waals surface area contributed by atoms with Gasteiger partial charge in [0, 0.05) is 50.2 Å². The lowest BCUT2D eigenvalue weighted by atomic mass is 10.0. The number of rotatable bonds is 5. The second-order valence-electron chi connectivity index (χ2n) is 13.7. The molecule has 0 amide bonds. The first kappa shape index (κ1) is 29.5. The lowest BCUT2D eigenvalue weighted by molar-refractivity contribution is 1.13. The summed E-state index contributed by atoms with van der Waals surface area (Å²) in [5.74, 6) is 0. The molecule has 0 fully saturated rings. The van der Waals surface area contributed by atoms with Crippen LogP contribution >= 0.6 is 0 Å². The van der Waals surface area contributed by atoms with Gasteiger partial charge in [0.1, 0.15) is 5.65 Å². The number of hydrogen-bond donors (Lipinski definition) is 0. The fraction of sp³-hybridized carbons (Fsp3) is 0. The molecule has 53 heavy (non-hydrogen) atoms. The van der Waals surface area contributed by atoms with Crippen molar-refractivity contribution in [1.29, 1.82) is 0 Å². The minimum Gasteiger partial charge on any atom is -0.309 e. The Labute approximate surface area is 306 Å². The first-order valence-electron chi connectivity index (χ1n) is 18.1. The summed E-state index contributed by atoms with van der Waals surface area (Å²) in [6, 6.07) is 67.4. The summed E-state index contributed by atoms with van der Waals surface area (Å²) in [5.41, 5.74) is 14.4. The van der Waals surface area contributed by atoms with Crippen LogP contribution in [-0.2, 0) is 0 Å². The zero-order valence-electron chi connectivity index (χ0n) is 28.8. The molecule has 0 saturated heterocycles. The lowest BCUT2D eigenvalue weighted by Crippen LogP contribution is -2.00. The maximum Gasteiger partial charge on any atom is 0.137 e. The third kappa shape index (κ3) is 4.59. The first-order chi connectivity index (χ1) is 26.3. The Bertz CT molecular complexity index is 2920. The Morgan fingerprint density at radius 1 is 0.340 bits per heavy atom. The second kappa shape index (κ2) is 11.7. The molecule has 0 aliphatic heterocycles. The molecule has 0 spiro atoms. The van der Waals surface area contributed by atoms with E-state index in [4.69, 9.17) is 4.98 Å². The summed E-state index contributed by atoms with van der Waals surface area (Å²) in [4.78, 5) is 5.20. The van der Waals surface area contributed by atoms with Gasteiger partial charge in [-0.2, -0.15) is 0 Å². The number of aromatic nitrogens is 4. The van der Waals surface area contributed by atoms with E-state index in [2.05, 4.69) is 208 Å². The van der Waals surface area contributed by atoms with Crippen LogP contribution in [0.2, 0.25) is 0 Å². The highest BCUT2D eigenvalue weighted by molar-refractivity contribution is 6.10. The van der Waals surface area contributed by atoms with E-state index in [1.54, 1.807) is 0 Å². The molecular weight excluding hydrogens is 645 g/mol. The van der Waals surface area contributed by atoms with Gasteiger partial charge in [0.2, 0.25) is 0 Å². The number of para-hydroxylation sites is 4. The van der Waals surface area contributed by atoms with Gasteiger partial charge in [-0.25, -0.2) is 4.98 Å². The molecule has 248 valence electrons. The molecule has 4 aromatic heterocycles. The molecule has 0 aliphatic carbocycles. The highest BCUT2D eigenvalue weighted by Gasteiger charge is 2.19. The van der Waals surface area contributed by atoms with Gasteiger partial charge in [0.25, 0.3) is 0 Å². The van der Waals surface area contributed by atoms with Gasteiger partial charge in [-0.3, -0.25) is 4.40 Å². The monoisotopic (exact) mass is 676 g/mol. The Morgan fingerprint density at radius 3 is 1.26 bits per heavy atom. The molecule has 7 aromatic carbocycles. The Kier molecular flexibility index (Phi) is 6.52. The van der Waals surface area contributed by atoms with Crippen molar-refractivity contribution in [3.8, 4) is 45.0 Å². The Balaban J connectivity index is 1.22. The quantitative estimate of drug-likeness (QED) is 0.178. The Hall–Kier alpha value is -7.17. The van der Waals surface area contributed by atoms with Crippen molar-refractivity contribution in [3.63, 3.8) is 0 Å². The van der Waals surface area contributed by atoms with Crippen LogP contribution < -0.4 is 0 Å². The van der Waals surface area contributed by atoms with E-state index >= 15 is 0 Å². The molecule has 4 heterocycles. The number of imidazole rings is 1. The predicted molar refractivity (Wildman–Crippen MR) is 220 cm³/mol. The number of benzene rings is 7. The van der Waals surface area contributed by atoms with Crippen LogP contribution in [0.1, 0.15) is 0 Å². The van der Waals surface area contributed by atoms with E-state index in [1.165, 1.54) is 43.6 Å². The first-order valence-corrected chi connectivity index (χ1v) is 18.1. The van der Waals surface area contributed by atoms with Crippen LogP contribution in [0.25, 0.3) is 94.3 Å². The average Bonchev–Trinajstić information content (AvgIpc) is 3.89. The summed E-state index contributed by atoms with van der Waals surface area (Å²) in [6.45, 7) is 0. The molecule has 0 aliphatic rings. The molecule has 0 saturated carbocycles. The minimum absolute atomic E-state index is 0.910. The maximum atomic E-state index is 5.20. The largest absolute Gasteiger partial charge is 0.309 e. The molecule has 11 rings (SSSR count). The molecule has 0 radical (unpaired) electrons. The fourth-order valence-electron chi connectivity index (χ4n) is 8.31. The summed E-state index contributed by atoms with van der Waals surface area (Å²) < 4.78 is 7.11. The third-order valence-corrected chi connectivity index (χ3v) is 10.6. The molecule has 0 unspecified atom stereocenters. The molecule has 4 nitrogen and oxygen atoms in total. The van der Waals surface area contributed by atoms with Gasteiger partial charge in [-0.1, -0.05) is 133 Å². The number of pyridine rings is 1. The van der Waals surface area contributed by atoms with Crippen LogP contribution in [0.4, 0.5) is 0 Å². The van der Waals surface area contributed by atoms with E-state index in [9.17, 15) is 0 Å². The van der Waals surface area contributed by atoms with Crippen LogP contribution in [0.3, 0.4) is 0 Å². The van der Waals surface area contributed by atoms with Crippen molar-refractivity contribution in [2.75, 3.05) is 0 Å². The van der Waals surface area contributed by atoms with Gasteiger partial charge >= 0.3 is 0 Å². The topological polar surface area (TPSA) is 27.2 Å². The molecule has 0 N–H and O–H groups in total. The highest BCUT2D eigenvalue weighted by atomic mass is 15.0. The SMILES string of the molecule is c1ccc(-c2nc3ccc(-c4cc(-n5c6ccccc6c6ccccc65)cc(-n5c6ccccc6c6ccccc65)c4)cn3c2-c2ccccc2)cc1. The molecular formula is C49H32N4.